The summed E-state index contributed by atoms with van der Waals surface area (Å²) in [6, 6.07) is 0. The van der Waals surface area contributed by atoms with Crippen molar-refractivity contribution in [2.24, 2.45) is 0 Å². The van der Waals surface area contributed by atoms with E-state index in [2.05, 4.69) is 106 Å². The Bertz CT molecular complexity index is 1870. The Morgan fingerprint density at radius 3 is 1.09 bits per heavy atom. The number of rotatable bonds is 57. The van der Waals surface area contributed by atoms with Gasteiger partial charge in [-0.2, -0.15) is 0 Å². The van der Waals surface area contributed by atoms with Gasteiger partial charge in [-0.15, -0.1) is 0 Å². The van der Waals surface area contributed by atoms with E-state index in [-0.39, 0.29) is 19.3 Å². The van der Waals surface area contributed by atoms with Gasteiger partial charge in [-0.05, 0) is 89.9 Å². The van der Waals surface area contributed by atoms with Gasteiger partial charge in [0.1, 0.15) is 25.4 Å². The number of unbranched alkanes of at least 4 members (excludes halogenated alkanes) is 18. The van der Waals surface area contributed by atoms with Crippen LogP contribution in [0.3, 0.4) is 0 Å². The minimum absolute atomic E-state index is 0.101. The van der Waals surface area contributed by atoms with Crippen LogP contribution < -0.4 is 0 Å². The summed E-state index contributed by atoms with van der Waals surface area (Å²) in [7, 11) is -9.78. The highest BCUT2D eigenvalue weighted by Crippen LogP contribution is 2.45. The Labute approximate surface area is 488 Å². The fraction of sp³-hybridized carbons (Fsp3) is 0.698. The van der Waals surface area contributed by atoms with Crippen LogP contribution in [0.25, 0.3) is 0 Å². The van der Waals surface area contributed by atoms with E-state index in [1.54, 1.807) is 0 Å². The molecule has 18 heteroatoms. The molecule has 5 unspecified atom stereocenters. The highest BCUT2D eigenvalue weighted by atomic mass is 31.2. The molecule has 0 amide bonds. The first-order valence-corrected chi connectivity index (χ1v) is 33.5. The quantitative estimate of drug-likeness (QED) is 0.0146. The minimum Gasteiger partial charge on any atom is -0.463 e. The van der Waals surface area contributed by atoms with Crippen molar-refractivity contribution in [3.63, 3.8) is 0 Å². The molecule has 0 aliphatic carbocycles. The molecule has 0 fully saturated rings. The average Bonchev–Trinajstić information content (AvgIpc) is 3.44. The molecule has 0 aliphatic rings. The maximum absolute atomic E-state index is 12.9. The Morgan fingerprint density at radius 2 is 0.667 bits per heavy atom. The Balaban J connectivity index is 4.74. The van der Waals surface area contributed by atoms with E-state index in [0.717, 1.165) is 109 Å². The predicted molar refractivity (Wildman–Crippen MR) is 325 cm³/mol. The van der Waals surface area contributed by atoms with Crippen LogP contribution in [0.5, 0.6) is 0 Å². The molecule has 0 aromatic carbocycles. The Hall–Kier alpha value is -3.53. The molecular formula is C63H108O16P2. The van der Waals surface area contributed by atoms with Crippen molar-refractivity contribution >= 4 is 33.6 Å². The molecule has 5 atom stereocenters. The fourth-order valence-corrected chi connectivity index (χ4v) is 9.26. The van der Waals surface area contributed by atoms with E-state index >= 15 is 0 Å². The van der Waals surface area contributed by atoms with Gasteiger partial charge in [-0.1, -0.05) is 214 Å². The predicted octanol–water partition coefficient (Wildman–Crippen LogP) is 16.0. The molecule has 16 nitrogen and oxygen atoms in total. The van der Waals surface area contributed by atoms with Crippen molar-refractivity contribution in [3.05, 3.63) is 97.2 Å². The molecular weight excluding hydrogens is 1070 g/mol. The van der Waals surface area contributed by atoms with E-state index in [1.807, 2.05) is 12.2 Å². The van der Waals surface area contributed by atoms with Crippen LogP contribution in [-0.2, 0) is 55.8 Å². The summed E-state index contributed by atoms with van der Waals surface area (Å²) >= 11 is 0. The first-order valence-electron chi connectivity index (χ1n) is 30.5. The van der Waals surface area contributed by atoms with E-state index in [9.17, 15) is 43.5 Å². The monoisotopic (exact) mass is 1180 g/mol. The van der Waals surface area contributed by atoms with Crippen LogP contribution in [-0.4, -0.2) is 95.9 Å². The summed E-state index contributed by atoms with van der Waals surface area (Å²) in [6.45, 7) is 2.33. The van der Waals surface area contributed by atoms with Crippen molar-refractivity contribution in [2.75, 3.05) is 39.6 Å². The minimum atomic E-state index is -4.92. The maximum Gasteiger partial charge on any atom is 0.472 e. The van der Waals surface area contributed by atoms with Crippen molar-refractivity contribution in [3.8, 4) is 0 Å². The highest BCUT2D eigenvalue weighted by molar-refractivity contribution is 7.47. The van der Waals surface area contributed by atoms with Gasteiger partial charge in [0.25, 0.3) is 0 Å². The van der Waals surface area contributed by atoms with Gasteiger partial charge in [0.2, 0.25) is 0 Å². The summed E-state index contributed by atoms with van der Waals surface area (Å²) in [5.74, 6) is -1.65. The number of esters is 3. The number of carbonyl (C=O) groups excluding carboxylic acids is 3. The van der Waals surface area contributed by atoms with Crippen LogP contribution in [0.15, 0.2) is 97.2 Å². The summed E-state index contributed by atoms with van der Waals surface area (Å²) in [4.78, 5) is 58.1. The third-order valence-electron chi connectivity index (χ3n) is 12.3. The zero-order chi connectivity index (χ0) is 59.6. The number of phosphoric ester groups is 2. The number of phosphoric acid groups is 2. The number of hydrogen-bond donors (Lipinski definition) is 4. The van der Waals surface area contributed by atoms with Crippen LogP contribution in [0, 0.1) is 0 Å². The van der Waals surface area contributed by atoms with Crippen molar-refractivity contribution in [1.82, 2.24) is 0 Å². The molecule has 0 saturated carbocycles. The van der Waals surface area contributed by atoms with Crippen molar-refractivity contribution in [1.29, 1.82) is 0 Å². The molecule has 81 heavy (non-hydrogen) atoms. The molecule has 0 aromatic heterocycles. The molecule has 0 heterocycles. The largest absolute Gasteiger partial charge is 0.472 e. The summed E-state index contributed by atoms with van der Waals surface area (Å²) in [5.41, 5.74) is 0. The Morgan fingerprint density at radius 1 is 0.358 bits per heavy atom. The van der Waals surface area contributed by atoms with Crippen LogP contribution >= 0.6 is 15.6 Å². The van der Waals surface area contributed by atoms with Gasteiger partial charge in [0.05, 0.1) is 26.4 Å². The second kappa shape index (κ2) is 56.9. The first kappa shape index (κ1) is 77.5. The van der Waals surface area contributed by atoms with Crippen LogP contribution in [0.2, 0.25) is 0 Å². The molecule has 0 radical (unpaired) electrons. The van der Waals surface area contributed by atoms with Gasteiger partial charge in [0.15, 0.2) is 6.10 Å². The molecule has 0 aliphatic heterocycles. The highest BCUT2D eigenvalue weighted by Gasteiger charge is 2.29. The van der Waals surface area contributed by atoms with E-state index in [4.69, 9.17) is 32.3 Å². The zero-order valence-corrected chi connectivity index (χ0v) is 51.7. The van der Waals surface area contributed by atoms with Crippen LogP contribution in [0.1, 0.15) is 226 Å². The van der Waals surface area contributed by atoms with Gasteiger partial charge < -0.3 is 34.2 Å². The lowest BCUT2D eigenvalue weighted by atomic mass is 10.0. The standard InChI is InChI=1S/C63H108O16P2/c1-4-7-10-13-16-19-22-25-27-28-30-33-34-37-40-43-46-49-61(66)73-52-58(64)53-75-80(69,70)76-54-59(65)55-77-81(71,72)78-57-60(79-63(68)51-48-45-42-39-36-31-24-21-18-15-12-9-6-3)56-74-62(67)50-47-44-41-38-35-32-29-26-23-20-17-14-11-8-5-2/h7-8,10-11,16-17,19-20,25-27,29-30,33,37,40,58-60,64-65H,4-6,9,12-15,18,21-24,28,31-32,34-36,38-39,41-57H2,1-3H3,(H,69,70)(H,71,72)/b10-7-,11-8-,19-16-,20-17-,27-25-,29-26-,33-30-,40-37-. The normalized spacial score (nSPS) is 15.1. The lowest BCUT2D eigenvalue weighted by Crippen LogP contribution is -2.30. The topological polar surface area (TPSA) is 231 Å². The first-order chi connectivity index (χ1) is 39.2. The average molecular weight is 1180 g/mol. The molecule has 4 N–H and O–H groups in total. The van der Waals surface area contributed by atoms with E-state index in [1.165, 1.54) is 51.4 Å². The number of aliphatic hydroxyl groups is 2. The van der Waals surface area contributed by atoms with Crippen LogP contribution in [0.4, 0.5) is 0 Å². The smallest absolute Gasteiger partial charge is 0.463 e. The maximum atomic E-state index is 12.9. The molecule has 0 rings (SSSR count). The number of carbonyl (C=O) groups is 3. The van der Waals surface area contributed by atoms with Gasteiger partial charge in [0, 0.05) is 19.3 Å². The van der Waals surface area contributed by atoms with Crippen molar-refractivity contribution < 1.29 is 75.8 Å². The molecule has 0 aromatic rings. The number of hydrogen-bond acceptors (Lipinski definition) is 14. The Kier molecular flexibility index (Phi) is 54.4. The van der Waals surface area contributed by atoms with E-state index in [0.29, 0.717) is 25.7 Å². The van der Waals surface area contributed by atoms with Crippen molar-refractivity contribution in [2.45, 2.75) is 245 Å². The SMILES string of the molecule is CC/C=C\C/C=C\C/C=C\C/C=C\C/C=C\CCCC(=O)OCC(O)COP(=O)(O)OCC(O)COP(=O)(O)OCC(COC(=O)CCCCCCC/C=C\C/C=C\C/C=C\CC)OC(=O)CCCCCCCCCCCCCCC. The third-order valence-corrected chi connectivity index (χ3v) is 14.2. The third kappa shape index (κ3) is 58.1. The summed E-state index contributed by atoms with van der Waals surface area (Å²) in [6.07, 6.45) is 59.1. The molecule has 0 saturated heterocycles. The molecule has 0 bridgehead atoms. The summed E-state index contributed by atoms with van der Waals surface area (Å²) < 4.78 is 60.6. The number of allylic oxidation sites excluding steroid dienone is 16. The zero-order valence-electron chi connectivity index (χ0n) is 49.9. The molecule has 466 valence electrons. The molecule has 0 spiro atoms. The lowest BCUT2D eigenvalue weighted by Gasteiger charge is -2.21. The van der Waals surface area contributed by atoms with E-state index < -0.39 is 91.5 Å². The van der Waals surface area contributed by atoms with Gasteiger partial charge >= 0.3 is 33.6 Å². The second-order valence-electron chi connectivity index (χ2n) is 20.1. The lowest BCUT2D eigenvalue weighted by molar-refractivity contribution is -0.161. The van der Waals surface area contributed by atoms with Gasteiger partial charge in [-0.3, -0.25) is 32.5 Å². The fourth-order valence-electron chi connectivity index (χ4n) is 7.68. The summed E-state index contributed by atoms with van der Waals surface area (Å²) in [5, 5.41) is 20.4. The van der Waals surface area contributed by atoms with Gasteiger partial charge in [-0.25, -0.2) is 9.13 Å². The second-order valence-corrected chi connectivity index (χ2v) is 23.0. The number of ether oxygens (including phenoxy) is 3. The number of aliphatic hydroxyl groups excluding tert-OH is 2.